The van der Waals surface area contributed by atoms with Crippen LogP contribution in [0.3, 0.4) is 0 Å². The van der Waals surface area contributed by atoms with Crippen LogP contribution in [0.2, 0.25) is 5.02 Å². The van der Waals surface area contributed by atoms with Gasteiger partial charge in [0.05, 0.1) is 10.7 Å². The third kappa shape index (κ3) is 5.17. The van der Waals surface area contributed by atoms with Crippen molar-refractivity contribution < 1.29 is 9.18 Å². The van der Waals surface area contributed by atoms with Crippen LogP contribution in [0.1, 0.15) is 26.7 Å². The smallest absolute Gasteiger partial charge is 0.224 e. The second-order valence-electron chi connectivity index (χ2n) is 5.08. The number of nitrogens with one attached hydrogen (secondary N) is 1. The molecule has 106 valence electrons. The number of benzene rings is 1. The van der Waals surface area contributed by atoms with Crippen molar-refractivity contribution in [1.29, 1.82) is 0 Å². The Hall–Kier alpha value is -1.13. The maximum Gasteiger partial charge on any atom is 0.224 e. The molecule has 3 nitrogen and oxygen atoms in total. The number of carbonyl (C=O) groups excluding carboxylic acids is 1. The van der Waals surface area contributed by atoms with E-state index in [4.69, 9.17) is 17.3 Å². The van der Waals surface area contributed by atoms with Crippen molar-refractivity contribution >= 4 is 23.2 Å². The zero-order valence-corrected chi connectivity index (χ0v) is 12.0. The highest BCUT2D eigenvalue weighted by Gasteiger charge is 2.16. The summed E-state index contributed by atoms with van der Waals surface area (Å²) in [6.45, 7) is 4.60. The third-order valence-corrected chi connectivity index (χ3v) is 3.15. The van der Waals surface area contributed by atoms with Gasteiger partial charge in [0.2, 0.25) is 5.91 Å². The van der Waals surface area contributed by atoms with Gasteiger partial charge in [-0.15, -0.1) is 0 Å². The van der Waals surface area contributed by atoms with Gasteiger partial charge in [-0.2, -0.15) is 0 Å². The molecule has 0 aliphatic heterocycles. The van der Waals surface area contributed by atoms with E-state index in [9.17, 15) is 9.18 Å². The topological polar surface area (TPSA) is 55.1 Å². The Morgan fingerprint density at radius 1 is 1.47 bits per heavy atom. The zero-order chi connectivity index (χ0) is 14.4. The van der Waals surface area contributed by atoms with Gasteiger partial charge in [0, 0.05) is 6.42 Å². The summed E-state index contributed by atoms with van der Waals surface area (Å²) in [5, 5.41) is 2.71. The first-order valence-electron chi connectivity index (χ1n) is 6.38. The highest BCUT2D eigenvalue weighted by molar-refractivity contribution is 6.33. The van der Waals surface area contributed by atoms with Crippen LogP contribution >= 0.6 is 11.6 Å². The largest absolute Gasteiger partial charge is 0.330 e. The Bertz CT molecular complexity index is 417. The lowest BCUT2D eigenvalue weighted by Crippen LogP contribution is -2.23. The molecule has 19 heavy (non-hydrogen) atoms. The van der Waals surface area contributed by atoms with Crippen LogP contribution in [-0.4, -0.2) is 12.5 Å². The Morgan fingerprint density at radius 2 is 2.16 bits per heavy atom. The molecule has 0 bridgehead atoms. The van der Waals surface area contributed by atoms with Gasteiger partial charge in [-0.25, -0.2) is 4.39 Å². The molecule has 1 atom stereocenters. The van der Waals surface area contributed by atoms with Gasteiger partial charge in [-0.3, -0.25) is 4.79 Å². The first-order valence-corrected chi connectivity index (χ1v) is 6.75. The summed E-state index contributed by atoms with van der Waals surface area (Å²) in [6, 6.07) is 4.29. The minimum absolute atomic E-state index is 0.0366. The van der Waals surface area contributed by atoms with Gasteiger partial charge >= 0.3 is 0 Å². The quantitative estimate of drug-likeness (QED) is 0.842. The molecular formula is C14H20ClFN2O. The molecule has 0 aromatic heterocycles. The SMILES string of the molecule is CC(C)C[C@H](CN)CC(=O)Nc1c(F)cccc1Cl. The van der Waals surface area contributed by atoms with E-state index < -0.39 is 5.82 Å². The Morgan fingerprint density at radius 3 is 2.68 bits per heavy atom. The van der Waals surface area contributed by atoms with Gasteiger partial charge in [-0.1, -0.05) is 31.5 Å². The molecule has 1 aromatic carbocycles. The van der Waals surface area contributed by atoms with E-state index in [-0.39, 0.29) is 29.0 Å². The van der Waals surface area contributed by atoms with Crippen molar-refractivity contribution in [3.8, 4) is 0 Å². The molecule has 0 aliphatic carbocycles. The fourth-order valence-electron chi connectivity index (χ4n) is 2.00. The van der Waals surface area contributed by atoms with E-state index in [1.54, 1.807) is 0 Å². The number of halogens is 2. The van der Waals surface area contributed by atoms with E-state index in [0.717, 1.165) is 6.42 Å². The van der Waals surface area contributed by atoms with Crippen molar-refractivity contribution in [1.82, 2.24) is 0 Å². The van der Waals surface area contributed by atoms with Gasteiger partial charge < -0.3 is 11.1 Å². The fraction of sp³-hybridized carbons (Fsp3) is 0.500. The lowest BCUT2D eigenvalue weighted by Gasteiger charge is -2.17. The molecule has 0 unspecified atom stereocenters. The number of hydrogen-bond acceptors (Lipinski definition) is 2. The zero-order valence-electron chi connectivity index (χ0n) is 11.2. The molecular weight excluding hydrogens is 267 g/mol. The van der Waals surface area contributed by atoms with Crippen molar-refractivity contribution in [3.05, 3.63) is 29.0 Å². The molecule has 0 saturated carbocycles. The standard InChI is InChI=1S/C14H20ClFN2O/c1-9(2)6-10(8-17)7-13(19)18-14-11(15)4-3-5-12(14)16/h3-5,9-10H,6-8,17H2,1-2H3,(H,18,19)/t10-/m0/s1. The molecule has 3 N–H and O–H groups in total. The van der Waals surface area contributed by atoms with E-state index in [2.05, 4.69) is 19.2 Å². The number of hydrogen-bond donors (Lipinski definition) is 2. The van der Waals surface area contributed by atoms with Crippen LogP contribution in [0.15, 0.2) is 18.2 Å². The van der Waals surface area contributed by atoms with E-state index in [0.29, 0.717) is 12.5 Å². The van der Waals surface area contributed by atoms with Gasteiger partial charge in [0.15, 0.2) is 0 Å². The minimum Gasteiger partial charge on any atom is -0.330 e. The summed E-state index contributed by atoms with van der Waals surface area (Å²) in [5.41, 5.74) is 5.68. The van der Waals surface area contributed by atoms with Gasteiger partial charge in [0.25, 0.3) is 0 Å². The maximum absolute atomic E-state index is 13.5. The highest BCUT2D eigenvalue weighted by Crippen LogP contribution is 2.25. The van der Waals surface area contributed by atoms with E-state index >= 15 is 0 Å². The molecule has 0 spiro atoms. The summed E-state index contributed by atoms with van der Waals surface area (Å²) in [4.78, 5) is 11.9. The summed E-state index contributed by atoms with van der Waals surface area (Å²) in [6.07, 6.45) is 1.15. The van der Waals surface area contributed by atoms with Crippen molar-refractivity contribution in [3.63, 3.8) is 0 Å². The van der Waals surface area contributed by atoms with Gasteiger partial charge in [0.1, 0.15) is 5.82 Å². The predicted octanol–water partition coefficient (Wildman–Crippen LogP) is 3.43. The highest BCUT2D eigenvalue weighted by atomic mass is 35.5. The molecule has 1 amide bonds. The summed E-state index contributed by atoms with van der Waals surface area (Å²) in [5.74, 6) is -0.221. The van der Waals surface area contributed by atoms with Crippen molar-refractivity contribution in [2.24, 2.45) is 17.6 Å². The Balaban J connectivity index is 2.64. The fourth-order valence-corrected chi connectivity index (χ4v) is 2.21. The van der Waals surface area contributed by atoms with E-state index in [1.807, 2.05) is 0 Å². The van der Waals surface area contributed by atoms with Crippen LogP contribution in [0.25, 0.3) is 0 Å². The molecule has 1 aromatic rings. The average molecular weight is 287 g/mol. The van der Waals surface area contributed by atoms with Crippen LogP contribution < -0.4 is 11.1 Å². The summed E-state index contributed by atoms with van der Waals surface area (Å²) >= 11 is 5.85. The van der Waals surface area contributed by atoms with Crippen LogP contribution in [0, 0.1) is 17.7 Å². The average Bonchev–Trinajstić information content (AvgIpc) is 2.32. The Labute approximate surface area is 118 Å². The second kappa shape index (κ2) is 7.46. The number of nitrogens with two attached hydrogens (primary N) is 1. The van der Waals surface area contributed by atoms with Crippen molar-refractivity contribution in [2.45, 2.75) is 26.7 Å². The molecule has 0 aliphatic rings. The van der Waals surface area contributed by atoms with Crippen molar-refractivity contribution in [2.75, 3.05) is 11.9 Å². The molecule has 0 saturated heterocycles. The minimum atomic E-state index is -0.533. The van der Waals surface area contributed by atoms with Gasteiger partial charge in [-0.05, 0) is 36.9 Å². The molecule has 0 fully saturated rings. The molecule has 0 radical (unpaired) electrons. The van der Waals surface area contributed by atoms with Crippen LogP contribution in [-0.2, 0) is 4.79 Å². The predicted molar refractivity (Wildman–Crippen MR) is 76.7 cm³/mol. The summed E-state index contributed by atoms with van der Waals surface area (Å²) in [7, 11) is 0. The molecule has 5 heteroatoms. The lowest BCUT2D eigenvalue weighted by atomic mass is 9.94. The molecule has 1 rings (SSSR count). The first kappa shape index (κ1) is 15.9. The van der Waals surface area contributed by atoms with Crippen LogP contribution in [0.5, 0.6) is 0 Å². The second-order valence-corrected chi connectivity index (χ2v) is 5.49. The molecule has 0 heterocycles. The number of rotatable bonds is 6. The number of amides is 1. The normalized spacial score (nSPS) is 12.5. The third-order valence-electron chi connectivity index (χ3n) is 2.84. The van der Waals surface area contributed by atoms with Crippen LogP contribution in [0.4, 0.5) is 10.1 Å². The Kier molecular flexibility index (Phi) is 6.25. The first-order chi connectivity index (χ1) is 8.93. The number of carbonyl (C=O) groups is 1. The monoisotopic (exact) mass is 286 g/mol. The lowest BCUT2D eigenvalue weighted by molar-refractivity contribution is -0.117. The number of para-hydroxylation sites is 1. The summed E-state index contributed by atoms with van der Waals surface area (Å²) < 4.78 is 13.5. The maximum atomic E-state index is 13.5. The number of anilines is 1. The van der Waals surface area contributed by atoms with E-state index in [1.165, 1.54) is 18.2 Å².